The number of hydrogen-bond donors (Lipinski definition) is 0. The standard InChI is InChI=1S/C12H12F5N3O4S/c1-10(2)4-7(19-24-10)25(22,23)12(16,17)8-6(5-21)20(3)18-9(8)11(13,14)15/h5H,4H2,1-3H3. The van der Waals surface area contributed by atoms with Gasteiger partial charge in [-0.2, -0.15) is 27.1 Å². The Kier molecular flexibility index (Phi) is 4.22. The van der Waals surface area contributed by atoms with Crippen LogP contribution in [0.4, 0.5) is 22.0 Å². The van der Waals surface area contributed by atoms with Crippen LogP contribution in [-0.2, 0) is 33.2 Å². The molecular formula is C12H12F5N3O4S. The van der Waals surface area contributed by atoms with E-state index in [1.165, 1.54) is 13.8 Å². The third-order valence-electron chi connectivity index (χ3n) is 3.38. The first-order valence-corrected chi connectivity index (χ1v) is 8.11. The second kappa shape index (κ2) is 5.47. The molecule has 140 valence electrons. The highest BCUT2D eigenvalue weighted by atomic mass is 32.2. The van der Waals surface area contributed by atoms with E-state index in [1.54, 1.807) is 0 Å². The number of carbonyl (C=O) groups excluding carboxylic acids is 1. The first-order chi connectivity index (χ1) is 11.1. The van der Waals surface area contributed by atoms with Crippen LogP contribution in [0, 0.1) is 0 Å². The van der Waals surface area contributed by atoms with Gasteiger partial charge in [0.25, 0.3) is 9.84 Å². The molecule has 2 rings (SSSR count). The quantitative estimate of drug-likeness (QED) is 0.584. The summed E-state index contributed by atoms with van der Waals surface area (Å²) in [5, 5.41) is -0.316. The molecule has 1 aliphatic rings. The number of nitrogens with zero attached hydrogens (tertiary/aromatic N) is 3. The van der Waals surface area contributed by atoms with Gasteiger partial charge in [-0.1, -0.05) is 5.16 Å². The number of aryl methyl sites for hydroxylation is 1. The van der Waals surface area contributed by atoms with E-state index in [0.29, 0.717) is 0 Å². The SMILES string of the molecule is Cn1nc(C(F)(F)F)c(C(F)(F)S(=O)(=O)C2=NOC(C)(C)C2)c1C=O. The van der Waals surface area contributed by atoms with E-state index in [0.717, 1.165) is 7.05 Å². The summed E-state index contributed by atoms with van der Waals surface area (Å²) in [6, 6.07) is 0. The molecular weight excluding hydrogens is 377 g/mol. The van der Waals surface area contributed by atoms with Gasteiger partial charge in [-0.05, 0) is 13.8 Å². The monoisotopic (exact) mass is 389 g/mol. The molecule has 2 heterocycles. The van der Waals surface area contributed by atoms with Crippen molar-refractivity contribution in [3.63, 3.8) is 0 Å². The number of rotatable bonds is 3. The van der Waals surface area contributed by atoms with Crippen molar-refractivity contribution in [2.24, 2.45) is 12.2 Å². The fourth-order valence-electron chi connectivity index (χ4n) is 2.19. The maximum Gasteiger partial charge on any atom is 0.435 e. The van der Waals surface area contributed by atoms with Crippen LogP contribution >= 0.6 is 0 Å². The van der Waals surface area contributed by atoms with Gasteiger partial charge < -0.3 is 4.84 Å². The Morgan fingerprint density at radius 2 is 1.80 bits per heavy atom. The van der Waals surface area contributed by atoms with Crippen molar-refractivity contribution in [2.45, 2.75) is 37.3 Å². The molecule has 0 amide bonds. The first-order valence-electron chi connectivity index (χ1n) is 6.62. The maximum atomic E-state index is 14.7. The van der Waals surface area contributed by atoms with Gasteiger partial charge in [0.05, 0.1) is 5.56 Å². The fraction of sp³-hybridized carbons (Fsp3) is 0.583. The molecule has 7 nitrogen and oxygen atoms in total. The van der Waals surface area contributed by atoms with Crippen LogP contribution in [0.3, 0.4) is 0 Å². The molecule has 0 atom stereocenters. The predicted molar refractivity (Wildman–Crippen MR) is 73.6 cm³/mol. The van der Waals surface area contributed by atoms with Crippen molar-refractivity contribution < 1.29 is 40.0 Å². The van der Waals surface area contributed by atoms with Gasteiger partial charge in [-0.3, -0.25) is 9.48 Å². The van der Waals surface area contributed by atoms with Crippen molar-refractivity contribution in [1.82, 2.24) is 9.78 Å². The average Bonchev–Trinajstić information content (AvgIpc) is 2.98. The second-order valence-corrected chi connectivity index (χ2v) is 7.87. The molecule has 0 radical (unpaired) electrons. The minimum absolute atomic E-state index is 0.242. The van der Waals surface area contributed by atoms with Crippen molar-refractivity contribution in [1.29, 1.82) is 0 Å². The van der Waals surface area contributed by atoms with E-state index < -0.39 is 55.3 Å². The lowest BCUT2D eigenvalue weighted by molar-refractivity contribution is -0.143. The minimum Gasteiger partial charge on any atom is -0.389 e. The molecule has 1 aromatic rings. The van der Waals surface area contributed by atoms with Crippen LogP contribution in [0.2, 0.25) is 0 Å². The summed E-state index contributed by atoms with van der Waals surface area (Å²) in [6.45, 7) is 2.72. The molecule has 25 heavy (non-hydrogen) atoms. The van der Waals surface area contributed by atoms with Crippen LogP contribution in [0.25, 0.3) is 0 Å². The van der Waals surface area contributed by atoms with Crippen LogP contribution in [-0.4, -0.2) is 35.1 Å². The number of carbonyl (C=O) groups is 1. The highest BCUT2D eigenvalue weighted by Gasteiger charge is 2.59. The Hall–Kier alpha value is -2.05. The zero-order valence-corrected chi connectivity index (χ0v) is 13.9. The number of sulfone groups is 1. The topological polar surface area (TPSA) is 90.6 Å². The van der Waals surface area contributed by atoms with Crippen molar-refractivity contribution in [2.75, 3.05) is 0 Å². The minimum atomic E-state index is -5.68. The molecule has 0 saturated carbocycles. The highest BCUT2D eigenvalue weighted by Crippen LogP contribution is 2.45. The molecule has 0 aliphatic carbocycles. The summed E-state index contributed by atoms with van der Waals surface area (Å²) in [5.74, 6) is 0. The van der Waals surface area contributed by atoms with Gasteiger partial charge in [-0.25, -0.2) is 8.42 Å². The molecule has 0 N–H and O–H groups in total. The van der Waals surface area contributed by atoms with Crippen LogP contribution in [0.5, 0.6) is 0 Å². The zero-order chi connectivity index (χ0) is 19.4. The predicted octanol–water partition coefficient (Wildman–Crippen LogP) is 2.23. The van der Waals surface area contributed by atoms with Crippen LogP contribution in [0.1, 0.15) is 42.0 Å². The Labute approximate surface area is 138 Å². The lowest BCUT2D eigenvalue weighted by Crippen LogP contribution is -2.35. The Morgan fingerprint density at radius 3 is 2.20 bits per heavy atom. The first kappa shape index (κ1) is 19.3. The van der Waals surface area contributed by atoms with Crippen molar-refractivity contribution in [3.05, 3.63) is 17.0 Å². The number of halogens is 5. The average molecular weight is 389 g/mol. The van der Waals surface area contributed by atoms with Gasteiger partial charge in [0, 0.05) is 13.5 Å². The van der Waals surface area contributed by atoms with Gasteiger partial charge in [0.15, 0.2) is 17.0 Å². The third kappa shape index (κ3) is 3.00. The van der Waals surface area contributed by atoms with E-state index in [4.69, 9.17) is 4.84 Å². The van der Waals surface area contributed by atoms with Crippen molar-refractivity contribution >= 4 is 21.2 Å². The molecule has 0 unspecified atom stereocenters. The van der Waals surface area contributed by atoms with E-state index >= 15 is 0 Å². The normalized spacial score (nSPS) is 18.0. The molecule has 13 heteroatoms. The zero-order valence-electron chi connectivity index (χ0n) is 13.1. The fourth-order valence-corrected chi connectivity index (χ4v) is 3.63. The van der Waals surface area contributed by atoms with E-state index in [1.807, 2.05) is 0 Å². The van der Waals surface area contributed by atoms with Gasteiger partial charge in [-0.15, -0.1) is 0 Å². The van der Waals surface area contributed by atoms with Gasteiger partial charge in [0.2, 0.25) is 0 Å². The lowest BCUT2D eigenvalue weighted by Gasteiger charge is -2.19. The Morgan fingerprint density at radius 1 is 1.24 bits per heavy atom. The van der Waals surface area contributed by atoms with E-state index in [9.17, 15) is 35.2 Å². The van der Waals surface area contributed by atoms with Gasteiger partial charge in [0.1, 0.15) is 11.3 Å². The van der Waals surface area contributed by atoms with E-state index in [2.05, 4.69) is 10.3 Å². The number of alkyl halides is 5. The Bertz CT molecular complexity index is 855. The van der Waals surface area contributed by atoms with Crippen LogP contribution < -0.4 is 0 Å². The highest BCUT2D eigenvalue weighted by molar-refractivity contribution is 8.06. The lowest BCUT2D eigenvalue weighted by atomic mass is 10.1. The summed E-state index contributed by atoms with van der Waals surface area (Å²) >= 11 is 0. The summed E-state index contributed by atoms with van der Waals surface area (Å²) in [7, 11) is -4.87. The summed E-state index contributed by atoms with van der Waals surface area (Å²) in [6.07, 6.45) is -6.29. The van der Waals surface area contributed by atoms with Crippen LogP contribution in [0.15, 0.2) is 5.16 Å². The van der Waals surface area contributed by atoms with Gasteiger partial charge >= 0.3 is 11.4 Å². The molecule has 0 aromatic carbocycles. The third-order valence-corrected chi connectivity index (χ3v) is 5.10. The molecule has 0 bridgehead atoms. The number of hydrogen-bond acceptors (Lipinski definition) is 6. The maximum absolute atomic E-state index is 14.7. The largest absolute Gasteiger partial charge is 0.435 e. The Balaban J connectivity index is 2.70. The molecule has 1 aromatic heterocycles. The summed E-state index contributed by atoms with van der Waals surface area (Å²) < 4.78 is 93.0. The molecule has 0 fully saturated rings. The molecule has 1 aliphatic heterocycles. The number of oxime groups is 1. The summed E-state index contributed by atoms with van der Waals surface area (Å²) in [5.41, 5.74) is -6.62. The number of aldehydes is 1. The van der Waals surface area contributed by atoms with Crippen molar-refractivity contribution in [3.8, 4) is 0 Å². The van der Waals surface area contributed by atoms with E-state index in [-0.39, 0.29) is 11.0 Å². The number of aromatic nitrogens is 2. The second-order valence-electron chi connectivity index (χ2n) is 5.88. The molecule has 0 spiro atoms. The molecule has 0 saturated heterocycles. The smallest absolute Gasteiger partial charge is 0.389 e. The summed E-state index contributed by atoms with van der Waals surface area (Å²) in [4.78, 5) is 15.7.